The molecule has 3 N–H and O–H groups in total. The maximum atomic E-state index is 12.9. The van der Waals surface area contributed by atoms with Crippen molar-refractivity contribution in [3.8, 4) is 0 Å². The fourth-order valence-electron chi connectivity index (χ4n) is 3.23. The molecule has 1 atom stereocenters. The molecule has 0 bridgehead atoms. The van der Waals surface area contributed by atoms with Crippen LogP contribution in [0.1, 0.15) is 48.8 Å². The van der Waals surface area contributed by atoms with Gasteiger partial charge in [-0.1, -0.05) is 31.2 Å². The summed E-state index contributed by atoms with van der Waals surface area (Å²) in [6.07, 6.45) is 1.95. The average molecular weight is 401 g/mol. The first-order valence-electron chi connectivity index (χ1n) is 9.33. The highest BCUT2D eigenvalue weighted by molar-refractivity contribution is 7.99. The summed E-state index contributed by atoms with van der Waals surface area (Å²) in [5.41, 5.74) is 2.51. The van der Waals surface area contributed by atoms with Gasteiger partial charge in [-0.25, -0.2) is 4.98 Å². The minimum absolute atomic E-state index is 0.0866. The van der Waals surface area contributed by atoms with Crippen molar-refractivity contribution in [3.63, 3.8) is 0 Å². The van der Waals surface area contributed by atoms with Gasteiger partial charge in [0.15, 0.2) is 5.16 Å². The van der Waals surface area contributed by atoms with E-state index in [0.29, 0.717) is 10.8 Å². The number of thioether (sulfide) groups is 1. The number of anilines is 2. The number of carbonyl (C=O) groups excluding carboxylic acids is 2. The number of nitrogens with zero attached hydrogens (tertiary/aromatic N) is 1. The zero-order valence-electron chi connectivity index (χ0n) is 16.2. The topological polar surface area (TPSA) is 104 Å². The van der Waals surface area contributed by atoms with Crippen molar-refractivity contribution in [3.05, 3.63) is 45.2 Å². The summed E-state index contributed by atoms with van der Waals surface area (Å²) in [5.74, 6) is -0.589. The Labute approximate surface area is 167 Å². The molecule has 1 aromatic heterocycles. The number of H-pyrrole nitrogens is 1. The Bertz CT molecular complexity index is 950. The smallest absolute Gasteiger partial charge is 0.257 e. The van der Waals surface area contributed by atoms with Gasteiger partial charge in [0.05, 0.1) is 11.5 Å². The van der Waals surface area contributed by atoms with Gasteiger partial charge in [0.2, 0.25) is 11.8 Å². The highest BCUT2D eigenvalue weighted by Crippen LogP contribution is 2.30. The van der Waals surface area contributed by atoms with Gasteiger partial charge >= 0.3 is 0 Å². The predicted octanol–water partition coefficient (Wildman–Crippen LogP) is 3.34. The van der Waals surface area contributed by atoms with Crippen molar-refractivity contribution in [2.45, 2.75) is 51.1 Å². The van der Waals surface area contributed by atoms with Crippen molar-refractivity contribution in [2.24, 2.45) is 0 Å². The highest BCUT2D eigenvalue weighted by atomic mass is 32.2. The Morgan fingerprint density at radius 2 is 1.96 bits per heavy atom. The van der Waals surface area contributed by atoms with Gasteiger partial charge in [0, 0.05) is 17.9 Å². The molecule has 2 aromatic rings. The number of carbonyl (C=O) groups is 2. The quantitative estimate of drug-likeness (QED) is 0.392. The molecule has 0 radical (unpaired) electrons. The number of aromatic nitrogens is 2. The molecule has 148 valence electrons. The van der Waals surface area contributed by atoms with Gasteiger partial charge in [-0.15, -0.1) is 0 Å². The zero-order valence-corrected chi connectivity index (χ0v) is 17.0. The molecule has 2 heterocycles. The van der Waals surface area contributed by atoms with E-state index in [1.54, 1.807) is 0 Å². The molecule has 8 heteroatoms. The van der Waals surface area contributed by atoms with Crippen LogP contribution in [0.4, 0.5) is 11.5 Å². The summed E-state index contributed by atoms with van der Waals surface area (Å²) >= 11 is 1.43. The number of aryl methyl sites for hydroxylation is 2. The van der Waals surface area contributed by atoms with E-state index >= 15 is 0 Å². The molecule has 1 aliphatic rings. The molecule has 0 saturated carbocycles. The summed E-state index contributed by atoms with van der Waals surface area (Å²) in [6, 6.07) is 5.71. The Balaban J connectivity index is 1.88. The van der Waals surface area contributed by atoms with Gasteiger partial charge in [-0.05, 0) is 43.5 Å². The molecule has 28 heavy (non-hydrogen) atoms. The summed E-state index contributed by atoms with van der Waals surface area (Å²) in [5, 5.41) is 5.92. The third-order valence-electron chi connectivity index (χ3n) is 4.47. The van der Waals surface area contributed by atoms with Gasteiger partial charge < -0.3 is 15.6 Å². The predicted molar refractivity (Wildman–Crippen MR) is 111 cm³/mol. The van der Waals surface area contributed by atoms with Crippen LogP contribution in [0.5, 0.6) is 0 Å². The van der Waals surface area contributed by atoms with E-state index < -0.39 is 5.92 Å². The number of unbranched alkanes of at least 4 members (excludes halogenated alkanes) is 1. The number of rotatable bonds is 6. The Kier molecular flexibility index (Phi) is 6.18. The number of amides is 2. The molecule has 0 saturated heterocycles. The average Bonchev–Trinajstić information content (AvgIpc) is 2.60. The van der Waals surface area contributed by atoms with Gasteiger partial charge in [-0.3, -0.25) is 14.4 Å². The number of hydrogen-bond donors (Lipinski definition) is 3. The first kappa shape index (κ1) is 20.1. The fraction of sp³-hybridized carbons (Fsp3) is 0.400. The minimum Gasteiger partial charge on any atom is -0.326 e. The number of benzene rings is 1. The van der Waals surface area contributed by atoms with Crippen LogP contribution in [0.2, 0.25) is 0 Å². The van der Waals surface area contributed by atoms with E-state index in [0.717, 1.165) is 29.7 Å². The largest absolute Gasteiger partial charge is 0.326 e. The Morgan fingerprint density at radius 3 is 2.64 bits per heavy atom. The maximum absolute atomic E-state index is 12.9. The van der Waals surface area contributed by atoms with E-state index in [9.17, 15) is 14.4 Å². The van der Waals surface area contributed by atoms with Crippen molar-refractivity contribution < 1.29 is 9.59 Å². The molecule has 7 nitrogen and oxygen atoms in total. The third-order valence-corrected chi connectivity index (χ3v) is 5.43. The number of fused-ring (bicyclic) bond motifs is 1. The second kappa shape index (κ2) is 8.60. The molecule has 1 aromatic carbocycles. The molecule has 0 aliphatic carbocycles. The summed E-state index contributed by atoms with van der Waals surface area (Å²) < 4.78 is 0. The Morgan fingerprint density at radius 1 is 1.25 bits per heavy atom. The van der Waals surface area contributed by atoms with E-state index in [-0.39, 0.29) is 35.2 Å². The van der Waals surface area contributed by atoms with Crippen LogP contribution >= 0.6 is 11.8 Å². The van der Waals surface area contributed by atoms with E-state index in [4.69, 9.17) is 0 Å². The lowest BCUT2D eigenvalue weighted by Crippen LogP contribution is -2.36. The van der Waals surface area contributed by atoms with Gasteiger partial charge in [0.1, 0.15) is 5.82 Å². The highest BCUT2D eigenvalue weighted by Gasteiger charge is 2.34. The van der Waals surface area contributed by atoms with Crippen molar-refractivity contribution in [1.82, 2.24) is 9.97 Å². The second-order valence-electron chi connectivity index (χ2n) is 7.01. The van der Waals surface area contributed by atoms with Crippen LogP contribution in [0.3, 0.4) is 0 Å². The summed E-state index contributed by atoms with van der Waals surface area (Å²) in [7, 11) is 0. The Hall–Kier alpha value is -2.61. The lowest BCUT2D eigenvalue weighted by molar-refractivity contribution is -0.123. The molecular formula is C20H24N4O3S. The first-order valence-corrected chi connectivity index (χ1v) is 10.3. The lowest BCUT2D eigenvalue weighted by atomic mass is 9.92. The van der Waals surface area contributed by atoms with Crippen LogP contribution in [0.25, 0.3) is 0 Å². The van der Waals surface area contributed by atoms with Gasteiger partial charge in [0.25, 0.3) is 5.56 Å². The molecule has 2 amide bonds. The van der Waals surface area contributed by atoms with Crippen molar-refractivity contribution >= 4 is 35.1 Å². The zero-order chi connectivity index (χ0) is 20.3. The van der Waals surface area contributed by atoms with Crippen molar-refractivity contribution in [2.75, 3.05) is 16.4 Å². The summed E-state index contributed by atoms with van der Waals surface area (Å²) in [6.45, 7) is 5.97. The normalized spacial score (nSPS) is 15.7. The second-order valence-corrected chi connectivity index (χ2v) is 8.09. The van der Waals surface area contributed by atoms with E-state index in [1.165, 1.54) is 11.8 Å². The van der Waals surface area contributed by atoms with Crippen LogP contribution in [0, 0.1) is 13.8 Å². The molecule has 3 rings (SSSR count). The summed E-state index contributed by atoms with van der Waals surface area (Å²) in [4.78, 5) is 44.8. The number of hydrogen-bond acceptors (Lipinski definition) is 5. The van der Waals surface area contributed by atoms with Crippen LogP contribution < -0.4 is 16.2 Å². The van der Waals surface area contributed by atoms with Crippen LogP contribution in [0.15, 0.2) is 28.2 Å². The third kappa shape index (κ3) is 4.62. The number of aromatic amines is 1. The molecule has 0 spiro atoms. The lowest BCUT2D eigenvalue weighted by Gasteiger charge is -2.23. The first-order chi connectivity index (χ1) is 13.4. The fourth-order valence-corrected chi connectivity index (χ4v) is 4.18. The van der Waals surface area contributed by atoms with Crippen LogP contribution in [-0.2, 0) is 9.59 Å². The standard InChI is InChI=1S/C20H24N4O3S/c1-4-5-6-28-20-23-17-16(19(27)24-20)14(10-15(25)22-17)18(26)21-13-8-11(2)7-12(3)9-13/h7-9,14H,4-6,10H2,1-3H3,(H,21,26)(H2,22,23,24,25,27). The maximum Gasteiger partial charge on any atom is 0.257 e. The van der Waals surface area contributed by atoms with Gasteiger partial charge in [-0.2, -0.15) is 0 Å². The van der Waals surface area contributed by atoms with Crippen LogP contribution in [-0.4, -0.2) is 27.5 Å². The molecule has 1 unspecified atom stereocenters. The number of nitrogens with one attached hydrogen (secondary N) is 3. The van der Waals surface area contributed by atoms with E-state index in [1.807, 2.05) is 32.0 Å². The van der Waals surface area contributed by atoms with E-state index in [2.05, 4.69) is 27.5 Å². The molecule has 0 fully saturated rings. The monoisotopic (exact) mass is 400 g/mol. The SMILES string of the molecule is CCCCSc1nc2c(c(=O)[nH]1)C(C(=O)Nc1cc(C)cc(C)c1)CC(=O)N2. The molecular weight excluding hydrogens is 376 g/mol. The minimum atomic E-state index is -0.879. The molecule has 1 aliphatic heterocycles. The van der Waals surface area contributed by atoms with Crippen molar-refractivity contribution in [1.29, 1.82) is 0 Å².